The molecule has 0 atom stereocenters. The molecule has 5 nitrogen and oxygen atoms in total. The lowest BCUT2D eigenvalue weighted by Gasteiger charge is -2.09. The molecule has 1 heterocycles. The van der Waals surface area contributed by atoms with E-state index < -0.39 is 0 Å². The van der Waals surface area contributed by atoms with Gasteiger partial charge in [-0.2, -0.15) is 5.10 Å². The Hall–Kier alpha value is -1.82. The van der Waals surface area contributed by atoms with Gasteiger partial charge in [-0.25, -0.2) is 10.4 Å². The third-order valence-corrected chi connectivity index (χ3v) is 5.85. The number of hydrogen-bond acceptors (Lipinski definition) is 4. The summed E-state index contributed by atoms with van der Waals surface area (Å²) < 4.78 is 0. The van der Waals surface area contributed by atoms with E-state index in [2.05, 4.69) is 20.5 Å². The van der Waals surface area contributed by atoms with Gasteiger partial charge in [0.15, 0.2) is 5.16 Å². The molecule has 1 aliphatic carbocycles. The molecule has 0 saturated heterocycles. The maximum absolute atomic E-state index is 12.2. The van der Waals surface area contributed by atoms with Gasteiger partial charge >= 0.3 is 0 Å². The maximum Gasteiger partial charge on any atom is 0.250 e. The number of nitrogens with zero attached hydrogens (tertiary/aromatic N) is 2. The summed E-state index contributed by atoms with van der Waals surface area (Å²) in [6.07, 6.45) is 13.7. The minimum Gasteiger partial charge on any atom is -0.333 e. The van der Waals surface area contributed by atoms with Crippen LogP contribution in [0.25, 0.3) is 11.0 Å². The van der Waals surface area contributed by atoms with Gasteiger partial charge in [0.1, 0.15) is 0 Å². The van der Waals surface area contributed by atoms with Crippen molar-refractivity contribution >= 4 is 34.4 Å². The van der Waals surface area contributed by atoms with Crippen LogP contribution in [0.3, 0.4) is 0 Å². The predicted molar refractivity (Wildman–Crippen MR) is 113 cm³/mol. The topological polar surface area (TPSA) is 70.1 Å². The van der Waals surface area contributed by atoms with E-state index in [1.807, 2.05) is 24.3 Å². The number of aromatic amines is 1. The zero-order chi connectivity index (χ0) is 18.7. The Morgan fingerprint density at radius 2 is 1.63 bits per heavy atom. The zero-order valence-corrected chi connectivity index (χ0v) is 16.8. The fourth-order valence-electron chi connectivity index (χ4n) is 3.44. The van der Waals surface area contributed by atoms with Crippen LogP contribution in [0.2, 0.25) is 0 Å². The van der Waals surface area contributed by atoms with Gasteiger partial charge in [0.05, 0.1) is 16.8 Å². The summed E-state index contributed by atoms with van der Waals surface area (Å²) in [5.41, 5.74) is 5.82. The van der Waals surface area contributed by atoms with Crippen molar-refractivity contribution < 1.29 is 4.79 Å². The lowest BCUT2D eigenvalue weighted by molar-refractivity contribution is -0.118. The number of H-pyrrole nitrogens is 1. The maximum atomic E-state index is 12.2. The number of nitrogens with one attached hydrogen (secondary N) is 2. The predicted octanol–water partition coefficient (Wildman–Crippen LogP) is 5.43. The van der Waals surface area contributed by atoms with Crippen molar-refractivity contribution in [3.05, 3.63) is 24.3 Å². The highest BCUT2D eigenvalue weighted by Gasteiger charge is 2.08. The smallest absolute Gasteiger partial charge is 0.250 e. The standard InChI is InChI=1S/C21H30N4OS/c26-20(16-27-21-22-18-14-10-11-15-19(18)23-21)25-24-17-12-8-6-4-2-1-3-5-7-9-13-17/h10-11,14-15H,1-9,12-13,16H2,(H,22,23)(H,25,26). The molecular formula is C21H30N4OS. The molecule has 6 heteroatoms. The van der Waals surface area contributed by atoms with Gasteiger partial charge in [-0.15, -0.1) is 0 Å². The number of aromatic nitrogens is 2. The largest absolute Gasteiger partial charge is 0.333 e. The molecule has 0 spiro atoms. The first-order chi connectivity index (χ1) is 13.3. The van der Waals surface area contributed by atoms with Crippen LogP contribution in [0.15, 0.2) is 34.5 Å². The second kappa shape index (κ2) is 11.1. The molecule has 27 heavy (non-hydrogen) atoms. The fraction of sp³-hybridized carbons (Fsp3) is 0.571. The second-order valence-corrected chi connectivity index (χ2v) is 8.21. The Morgan fingerprint density at radius 3 is 2.30 bits per heavy atom. The first-order valence-electron chi connectivity index (χ1n) is 10.2. The van der Waals surface area contributed by atoms with Crippen LogP contribution in [-0.2, 0) is 4.79 Å². The van der Waals surface area contributed by atoms with Crippen molar-refractivity contribution in [1.29, 1.82) is 0 Å². The molecule has 2 N–H and O–H groups in total. The van der Waals surface area contributed by atoms with Crippen LogP contribution >= 0.6 is 11.8 Å². The number of amides is 1. The minimum absolute atomic E-state index is 0.0703. The van der Waals surface area contributed by atoms with E-state index in [0.29, 0.717) is 5.75 Å². The van der Waals surface area contributed by atoms with Crippen molar-refractivity contribution in [3.63, 3.8) is 0 Å². The van der Waals surface area contributed by atoms with Crippen LogP contribution in [0.4, 0.5) is 0 Å². The highest BCUT2D eigenvalue weighted by atomic mass is 32.2. The molecule has 3 rings (SSSR count). The van der Waals surface area contributed by atoms with E-state index in [1.54, 1.807) is 0 Å². The normalized spacial score (nSPS) is 17.1. The number of carbonyl (C=O) groups excluding carboxylic acids is 1. The SMILES string of the molecule is O=C(CSc1nc2ccccc2[nH]1)NN=C1CCCCCCCCCCC1. The molecule has 1 saturated carbocycles. The zero-order valence-electron chi connectivity index (χ0n) is 16.0. The number of para-hydroxylation sites is 2. The summed E-state index contributed by atoms with van der Waals surface area (Å²) in [5.74, 6) is 0.246. The monoisotopic (exact) mass is 386 g/mol. The van der Waals surface area contributed by atoms with E-state index in [1.165, 1.54) is 69.5 Å². The first-order valence-corrected chi connectivity index (χ1v) is 11.2. The number of rotatable bonds is 4. The molecular weight excluding hydrogens is 356 g/mol. The fourth-order valence-corrected chi connectivity index (χ4v) is 4.12. The lowest BCUT2D eigenvalue weighted by Crippen LogP contribution is -2.21. The van der Waals surface area contributed by atoms with Crippen molar-refractivity contribution in [2.45, 2.75) is 75.8 Å². The molecule has 1 fully saturated rings. The summed E-state index contributed by atoms with van der Waals surface area (Å²) in [5, 5.41) is 5.21. The van der Waals surface area contributed by atoms with Crippen LogP contribution < -0.4 is 5.43 Å². The molecule has 146 valence electrons. The number of imidazole rings is 1. The van der Waals surface area contributed by atoms with Crippen LogP contribution in [-0.4, -0.2) is 27.3 Å². The molecule has 0 bridgehead atoms. The van der Waals surface area contributed by atoms with Gasteiger partial charge in [-0.05, 0) is 37.8 Å². The molecule has 1 amide bonds. The van der Waals surface area contributed by atoms with Crippen molar-refractivity contribution in [2.24, 2.45) is 5.10 Å². The number of hydrazone groups is 1. The van der Waals surface area contributed by atoms with Crippen LogP contribution in [0.5, 0.6) is 0 Å². The molecule has 0 aliphatic heterocycles. The van der Waals surface area contributed by atoms with E-state index in [-0.39, 0.29) is 5.91 Å². The average molecular weight is 387 g/mol. The number of benzene rings is 1. The Morgan fingerprint density at radius 1 is 1.00 bits per heavy atom. The number of thioether (sulfide) groups is 1. The number of fused-ring (bicyclic) bond motifs is 1. The van der Waals surface area contributed by atoms with E-state index in [0.717, 1.165) is 34.7 Å². The van der Waals surface area contributed by atoms with Gasteiger partial charge in [0.2, 0.25) is 0 Å². The summed E-state index contributed by atoms with van der Waals surface area (Å²) in [6, 6.07) is 7.89. The Bertz CT molecular complexity index is 708. The van der Waals surface area contributed by atoms with Gasteiger partial charge in [0, 0.05) is 5.71 Å². The van der Waals surface area contributed by atoms with E-state index >= 15 is 0 Å². The quantitative estimate of drug-likeness (QED) is 0.543. The molecule has 0 radical (unpaired) electrons. The minimum atomic E-state index is -0.0703. The van der Waals surface area contributed by atoms with Crippen molar-refractivity contribution in [2.75, 3.05) is 5.75 Å². The summed E-state index contributed by atoms with van der Waals surface area (Å²) in [4.78, 5) is 19.9. The molecule has 0 unspecified atom stereocenters. The van der Waals surface area contributed by atoms with E-state index in [4.69, 9.17) is 0 Å². The first kappa shape index (κ1) is 19.9. The number of hydrogen-bond donors (Lipinski definition) is 2. The summed E-state index contributed by atoms with van der Waals surface area (Å²) in [6.45, 7) is 0. The van der Waals surface area contributed by atoms with Gasteiger partial charge in [0.25, 0.3) is 5.91 Å². The van der Waals surface area contributed by atoms with E-state index in [9.17, 15) is 4.79 Å². The third kappa shape index (κ3) is 7.01. The van der Waals surface area contributed by atoms with Gasteiger partial charge in [-0.3, -0.25) is 4.79 Å². The Balaban J connectivity index is 1.46. The molecule has 1 aromatic heterocycles. The average Bonchev–Trinajstić information content (AvgIpc) is 3.09. The Labute approximate surface area is 165 Å². The Kier molecular flexibility index (Phi) is 8.21. The van der Waals surface area contributed by atoms with Crippen molar-refractivity contribution in [1.82, 2.24) is 15.4 Å². The van der Waals surface area contributed by atoms with Gasteiger partial charge < -0.3 is 4.98 Å². The molecule has 1 aromatic carbocycles. The van der Waals surface area contributed by atoms with Crippen molar-refractivity contribution in [3.8, 4) is 0 Å². The molecule has 1 aliphatic rings. The lowest BCUT2D eigenvalue weighted by atomic mass is 10.00. The molecule has 2 aromatic rings. The van der Waals surface area contributed by atoms with Crippen LogP contribution in [0, 0.1) is 0 Å². The third-order valence-electron chi connectivity index (χ3n) is 4.98. The number of carbonyl (C=O) groups is 1. The highest BCUT2D eigenvalue weighted by molar-refractivity contribution is 7.99. The summed E-state index contributed by atoms with van der Waals surface area (Å²) >= 11 is 1.41. The van der Waals surface area contributed by atoms with Gasteiger partial charge in [-0.1, -0.05) is 68.8 Å². The highest BCUT2D eigenvalue weighted by Crippen LogP contribution is 2.19. The second-order valence-electron chi connectivity index (χ2n) is 7.24. The van der Waals surface area contributed by atoms with Crippen LogP contribution in [0.1, 0.15) is 70.6 Å². The summed E-state index contributed by atoms with van der Waals surface area (Å²) in [7, 11) is 0.